The molecule has 28 heavy (non-hydrogen) atoms. The summed E-state index contributed by atoms with van der Waals surface area (Å²) < 4.78 is 41.2. The van der Waals surface area contributed by atoms with Gasteiger partial charge in [0.2, 0.25) is 5.91 Å². The van der Waals surface area contributed by atoms with Crippen LogP contribution in [-0.4, -0.2) is 25.5 Å². The van der Waals surface area contributed by atoms with E-state index in [1.54, 1.807) is 10.9 Å². The van der Waals surface area contributed by atoms with Crippen molar-refractivity contribution in [3.05, 3.63) is 65.2 Å². The second kappa shape index (κ2) is 7.49. The third-order valence-corrected chi connectivity index (χ3v) is 4.45. The molecule has 2 aromatic heterocycles. The number of carbonyl (C=O) groups excluding carboxylic acids is 1. The van der Waals surface area contributed by atoms with Crippen LogP contribution in [0.1, 0.15) is 35.5 Å². The van der Waals surface area contributed by atoms with Crippen LogP contribution in [0, 0.1) is 13.8 Å². The third-order valence-electron chi connectivity index (χ3n) is 4.45. The van der Waals surface area contributed by atoms with E-state index in [1.165, 1.54) is 20.0 Å². The Morgan fingerprint density at radius 1 is 1.25 bits per heavy atom. The lowest BCUT2D eigenvalue weighted by Crippen LogP contribution is -2.25. The third kappa shape index (κ3) is 4.24. The number of benzene rings is 1. The molecular weight excluding hydrogens is 371 g/mol. The van der Waals surface area contributed by atoms with Crippen LogP contribution in [0.2, 0.25) is 0 Å². The predicted molar refractivity (Wildman–Crippen MR) is 97.8 cm³/mol. The Morgan fingerprint density at radius 3 is 2.61 bits per heavy atom. The number of hydrogen-bond donors (Lipinski definition) is 1. The minimum Gasteiger partial charge on any atom is -0.322 e. The van der Waals surface area contributed by atoms with Crippen molar-refractivity contribution in [2.45, 2.75) is 39.5 Å². The molecule has 0 bridgehead atoms. The molecule has 0 fully saturated rings. The van der Waals surface area contributed by atoms with Crippen molar-refractivity contribution in [3.8, 4) is 0 Å². The zero-order valence-corrected chi connectivity index (χ0v) is 15.7. The summed E-state index contributed by atoms with van der Waals surface area (Å²) in [5, 5.41) is 10.4. The molecule has 0 aliphatic rings. The average Bonchev–Trinajstić information content (AvgIpc) is 3.22. The van der Waals surface area contributed by atoms with E-state index in [-0.39, 0.29) is 5.69 Å². The van der Waals surface area contributed by atoms with Crippen LogP contribution in [0.25, 0.3) is 0 Å². The highest BCUT2D eigenvalue weighted by Crippen LogP contribution is 2.29. The van der Waals surface area contributed by atoms with E-state index in [1.807, 2.05) is 31.2 Å². The molecule has 1 amide bonds. The van der Waals surface area contributed by atoms with Crippen molar-refractivity contribution in [1.82, 2.24) is 19.6 Å². The fourth-order valence-electron chi connectivity index (χ4n) is 2.85. The molecule has 1 aromatic carbocycles. The van der Waals surface area contributed by atoms with E-state index < -0.39 is 23.8 Å². The van der Waals surface area contributed by atoms with E-state index in [2.05, 4.69) is 15.5 Å². The number of anilines is 1. The highest BCUT2D eigenvalue weighted by molar-refractivity contribution is 5.93. The van der Waals surface area contributed by atoms with Crippen LogP contribution >= 0.6 is 0 Å². The van der Waals surface area contributed by atoms with Gasteiger partial charge in [-0.05, 0) is 38.0 Å². The first kappa shape index (κ1) is 19.7. The Hall–Kier alpha value is -3.10. The smallest absolute Gasteiger partial charge is 0.322 e. The monoisotopic (exact) mass is 391 g/mol. The average molecular weight is 391 g/mol. The van der Waals surface area contributed by atoms with Gasteiger partial charge in [-0.25, -0.2) is 0 Å². The molecule has 9 heteroatoms. The van der Waals surface area contributed by atoms with Crippen molar-refractivity contribution < 1.29 is 18.0 Å². The summed E-state index contributed by atoms with van der Waals surface area (Å²) in [6.45, 7) is 5.52. The molecule has 2 heterocycles. The van der Waals surface area contributed by atoms with Gasteiger partial charge in [0, 0.05) is 11.9 Å². The minimum atomic E-state index is -4.55. The van der Waals surface area contributed by atoms with Crippen molar-refractivity contribution >= 4 is 11.6 Å². The van der Waals surface area contributed by atoms with Gasteiger partial charge in [0.25, 0.3) is 0 Å². The van der Waals surface area contributed by atoms with Gasteiger partial charge in [0.05, 0.1) is 18.4 Å². The predicted octanol–water partition coefficient (Wildman–Crippen LogP) is 3.96. The molecule has 0 aliphatic carbocycles. The van der Waals surface area contributed by atoms with Crippen LogP contribution in [0.3, 0.4) is 0 Å². The molecule has 3 rings (SSSR count). The number of aryl methyl sites for hydroxylation is 2. The quantitative estimate of drug-likeness (QED) is 0.716. The maximum Gasteiger partial charge on any atom is 0.435 e. The summed E-state index contributed by atoms with van der Waals surface area (Å²) in [4.78, 5) is 12.5. The number of amides is 1. The van der Waals surface area contributed by atoms with Crippen molar-refractivity contribution in [3.63, 3.8) is 0 Å². The first-order chi connectivity index (χ1) is 13.1. The van der Waals surface area contributed by atoms with E-state index in [4.69, 9.17) is 0 Å². The van der Waals surface area contributed by atoms with E-state index >= 15 is 0 Å². The first-order valence-electron chi connectivity index (χ1n) is 8.66. The Balaban J connectivity index is 1.69. The fraction of sp³-hybridized carbons (Fsp3) is 0.316. The molecule has 0 aliphatic heterocycles. The van der Waals surface area contributed by atoms with Crippen LogP contribution in [0.4, 0.5) is 18.9 Å². The number of carbonyl (C=O) groups is 1. The normalized spacial score (nSPS) is 12.8. The summed E-state index contributed by atoms with van der Waals surface area (Å²) in [5.41, 5.74) is 1.93. The van der Waals surface area contributed by atoms with Gasteiger partial charge < -0.3 is 5.32 Å². The molecule has 0 spiro atoms. The number of alkyl halides is 3. The molecule has 148 valence electrons. The second-order valence-corrected chi connectivity index (χ2v) is 6.63. The van der Waals surface area contributed by atoms with Crippen LogP contribution < -0.4 is 5.32 Å². The van der Waals surface area contributed by atoms with Crippen molar-refractivity contribution in [1.29, 1.82) is 0 Å². The van der Waals surface area contributed by atoms with Gasteiger partial charge in [-0.15, -0.1) is 0 Å². The summed E-state index contributed by atoms with van der Waals surface area (Å²) in [5.74, 6) is -0.477. The maximum absolute atomic E-state index is 12.8. The van der Waals surface area contributed by atoms with Crippen LogP contribution in [0.15, 0.2) is 42.7 Å². The molecule has 1 N–H and O–H groups in total. The topological polar surface area (TPSA) is 64.7 Å². The van der Waals surface area contributed by atoms with Gasteiger partial charge in [-0.2, -0.15) is 23.4 Å². The van der Waals surface area contributed by atoms with E-state index in [0.717, 1.165) is 21.9 Å². The Kier molecular flexibility index (Phi) is 5.26. The zero-order chi connectivity index (χ0) is 20.5. The number of halogens is 3. The summed E-state index contributed by atoms with van der Waals surface area (Å²) >= 11 is 0. The van der Waals surface area contributed by atoms with Gasteiger partial charge in [-0.3, -0.25) is 14.2 Å². The summed E-state index contributed by atoms with van der Waals surface area (Å²) in [7, 11) is 0. The lowest BCUT2D eigenvalue weighted by atomic mass is 10.1. The molecule has 0 saturated carbocycles. The minimum absolute atomic E-state index is 0.255. The molecule has 1 atom stereocenters. The lowest BCUT2D eigenvalue weighted by Gasteiger charge is -2.13. The summed E-state index contributed by atoms with van der Waals surface area (Å²) in [6, 6.07) is 7.91. The van der Waals surface area contributed by atoms with Gasteiger partial charge >= 0.3 is 6.18 Å². The summed E-state index contributed by atoms with van der Waals surface area (Å²) in [6.07, 6.45) is -1.38. The Bertz CT molecular complexity index is 990. The van der Waals surface area contributed by atoms with Gasteiger partial charge in [-0.1, -0.05) is 24.3 Å². The van der Waals surface area contributed by atoms with Gasteiger partial charge in [0.1, 0.15) is 6.04 Å². The zero-order valence-electron chi connectivity index (χ0n) is 15.7. The SMILES string of the molecule is Cc1ccccc1Cn1cc(NC(=O)C(C)n2nc(C(F)(F)F)cc2C)cn1. The largest absolute Gasteiger partial charge is 0.435 e. The fourth-order valence-corrected chi connectivity index (χ4v) is 2.85. The maximum atomic E-state index is 12.8. The Morgan fingerprint density at radius 2 is 1.96 bits per heavy atom. The highest BCUT2D eigenvalue weighted by atomic mass is 19.4. The number of nitrogens with zero attached hydrogens (tertiary/aromatic N) is 4. The van der Waals surface area contributed by atoms with Gasteiger partial charge in [0.15, 0.2) is 5.69 Å². The van der Waals surface area contributed by atoms with Crippen LogP contribution in [-0.2, 0) is 17.5 Å². The second-order valence-electron chi connectivity index (χ2n) is 6.63. The molecule has 0 saturated heterocycles. The lowest BCUT2D eigenvalue weighted by molar-refractivity contribution is -0.141. The van der Waals surface area contributed by atoms with E-state index in [0.29, 0.717) is 12.2 Å². The molecule has 6 nitrogen and oxygen atoms in total. The first-order valence-corrected chi connectivity index (χ1v) is 8.66. The number of aromatic nitrogens is 4. The molecule has 1 unspecified atom stereocenters. The van der Waals surface area contributed by atoms with E-state index in [9.17, 15) is 18.0 Å². The number of rotatable bonds is 5. The van der Waals surface area contributed by atoms with Crippen molar-refractivity contribution in [2.75, 3.05) is 5.32 Å². The molecule has 0 radical (unpaired) electrons. The van der Waals surface area contributed by atoms with Crippen LogP contribution in [0.5, 0.6) is 0 Å². The Labute approximate surface area is 160 Å². The highest BCUT2D eigenvalue weighted by Gasteiger charge is 2.35. The number of nitrogens with one attached hydrogen (secondary N) is 1. The molecule has 3 aromatic rings. The number of hydrogen-bond acceptors (Lipinski definition) is 3. The standard InChI is InChI=1S/C19H20F3N5O/c1-12-6-4-5-7-15(12)10-26-11-16(9-23-26)24-18(28)14(3)27-13(2)8-17(25-27)19(20,21)22/h4-9,11,14H,10H2,1-3H3,(H,24,28). The van der Waals surface area contributed by atoms with Crippen molar-refractivity contribution in [2.24, 2.45) is 0 Å². The molecular formula is C19H20F3N5O.